The molecule has 1 saturated heterocycles. The summed E-state index contributed by atoms with van der Waals surface area (Å²) in [7, 11) is 0. The van der Waals surface area contributed by atoms with Crippen molar-refractivity contribution in [3.63, 3.8) is 0 Å². The molecule has 1 aliphatic carbocycles. The van der Waals surface area contributed by atoms with E-state index < -0.39 is 0 Å². The predicted molar refractivity (Wildman–Crippen MR) is 73.7 cm³/mol. The minimum Gasteiger partial charge on any atom is -0.392 e. The first kappa shape index (κ1) is 14.3. The maximum Gasteiger partial charge on any atom is 0.0695 e. The molecule has 0 aromatic heterocycles. The van der Waals surface area contributed by atoms with Gasteiger partial charge in [-0.25, -0.2) is 0 Å². The van der Waals surface area contributed by atoms with E-state index >= 15 is 0 Å². The van der Waals surface area contributed by atoms with E-state index in [1.807, 2.05) is 0 Å². The molecule has 0 amide bonds. The SMILES string of the molecule is CCOC1CCN(CC(O)C2CCCCC2)CC1. The fraction of sp³-hybridized carbons (Fsp3) is 1.00. The van der Waals surface area contributed by atoms with Crippen molar-refractivity contribution in [2.24, 2.45) is 5.92 Å². The molecule has 1 N–H and O–H groups in total. The Morgan fingerprint density at radius 2 is 1.78 bits per heavy atom. The highest BCUT2D eigenvalue weighted by molar-refractivity contribution is 4.79. The summed E-state index contributed by atoms with van der Waals surface area (Å²) in [4.78, 5) is 2.43. The van der Waals surface area contributed by atoms with E-state index in [2.05, 4.69) is 11.8 Å². The van der Waals surface area contributed by atoms with Gasteiger partial charge >= 0.3 is 0 Å². The zero-order valence-corrected chi connectivity index (χ0v) is 11.8. The minimum atomic E-state index is -0.103. The summed E-state index contributed by atoms with van der Waals surface area (Å²) in [6, 6.07) is 0. The number of nitrogens with zero attached hydrogens (tertiary/aromatic N) is 1. The van der Waals surface area contributed by atoms with E-state index in [1.165, 1.54) is 32.1 Å². The van der Waals surface area contributed by atoms with Gasteiger partial charge in [-0.15, -0.1) is 0 Å². The smallest absolute Gasteiger partial charge is 0.0695 e. The third-order valence-electron chi connectivity index (χ3n) is 4.58. The van der Waals surface area contributed by atoms with Crippen LogP contribution in [0.3, 0.4) is 0 Å². The first-order valence-electron chi connectivity index (χ1n) is 7.81. The van der Waals surface area contributed by atoms with E-state index in [-0.39, 0.29) is 6.10 Å². The molecule has 3 nitrogen and oxygen atoms in total. The van der Waals surface area contributed by atoms with Crippen LogP contribution in [0.2, 0.25) is 0 Å². The molecule has 18 heavy (non-hydrogen) atoms. The largest absolute Gasteiger partial charge is 0.392 e. The number of likely N-dealkylation sites (tertiary alicyclic amines) is 1. The summed E-state index contributed by atoms with van der Waals surface area (Å²) in [5.41, 5.74) is 0. The summed E-state index contributed by atoms with van der Waals surface area (Å²) in [6.45, 7) is 5.96. The van der Waals surface area contributed by atoms with E-state index in [4.69, 9.17) is 4.74 Å². The maximum absolute atomic E-state index is 10.3. The third-order valence-corrected chi connectivity index (χ3v) is 4.58. The molecule has 0 spiro atoms. The van der Waals surface area contributed by atoms with Crippen molar-refractivity contribution in [3.05, 3.63) is 0 Å². The van der Waals surface area contributed by atoms with Crippen LogP contribution >= 0.6 is 0 Å². The number of hydrogen-bond acceptors (Lipinski definition) is 3. The van der Waals surface area contributed by atoms with Crippen LogP contribution < -0.4 is 0 Å². The van der Waals surface area contributed by atoms with Crippen molar-refractivity contribution < 1.29 is 9.84 Å². The summed E-state index contributed by atoms with van der Waals surface area (Å²) in [5, 5.41) is 10.3. The Labute approximate surface area is 112 Å². The van der Waals surface area contributed by atoms with E-state index in [9.17, 15) is 5.11 Å². The zero-order valence-electron chi connectivity index (χ0n) is 11.8. The van der Waals surface area contributed by atoms with E-state index in [0.717, 1.165) is 39.1 Å². The van der Waals surface area contributed by atoms with Crippen LogP contribution in [0.5, 0.6) is 0 Å². The zero-order chi connectivity index (χ0) is 12.8. The summed E-state index contributed by atoms with van der Waals surface area (Å²) >= 11 is 0. The highest BCUT2D eigenvalue weighted by atomic mass is 16.5. The Hall–Kier alpha value is -0.120. The van der Waals surface area contributed by atoms with Crippen LogP contribution in [0, 0.1) is 5.92 Å². The van der Waals surface area contributed by atoms with Crippen molar-refractivity contribution in [1.29, 1.82) is 0 Å². The molecule has 1 aliphatic heterocycles. The maximum atomic E-state index is 10.3. The fourth-order valence-electron chi connectivity index (χ4n) is 3.43. The molecule has 0 radical (unpaired) electrons. The average Bonchev–Trinajstić information content (AvgIpc) is 2.42. The Balaban J connectivity index is 1.67. The molecule has 2 aliphatic rings. The van der Waals surface area contributed by atoms with Crippen LogP contribution in [0.15, 0.2) is 0 Å². The highest BCUT2D eigenvalue weighted by Crippen LogP contribution is 2.27. The van der Waals surface area contributed by atoms with Gasteiger partial charge in [0, 0.05) is 26.2 Å². The molecule has 2 fully saturated rings. The lowest BCUT2D eigenvalue weighted by atomic mass is 9.85. The number of aliphatic hydroxyl groups is 1. The molecule has 106 valence electrons. The Morgan fingerprint density at radius 1 is 1.11 bits per heavy atom. The Bertz CT molecular complexity index is 221. The standard InChI is InChI=1S/C15H29NO2/c1-2-18-14-8-10-16(11-9-14)12-15(17)13-6-4-3-5-7-13/h13-15,17H,2-12H2,1H3. The number of ether oxygens (including phenoxy) is 1. The topological polar surface area (TPSA) is 32.7 Å². The number of β-amino-alcohol motifs (C(OH)–C–C–N with tert-alkyl or cyclic N) is 1. The van der Waals surface area contributed by atoms with Crippen molar-refractivity contribution in [1.82, 2.24) is 4.90 Å². The number of piperidine rings is 1. The lowest BCUT2D eigenvalue weighted by molar-refractivity contribution is -0.00767. The van der Waals surface area contributed by atoms with Gasteiger partial charge in [0.15, 0.2) is 0 Å². The van der Waals surface area contributed by atoms with Crippen LogP contribution in [0.25, 0.3) is 0 Å². The van der Waals surface area contributed by atoms with Gasteiger partial charge in [-0.05, 0) is 38.5 Å². The Kier molecular flexibility index (Phi) is 5.93. The average molecular weight is 255 g/mol. The number of hydrogen-bond donors (Lipinski definition) is 1. The van der Waals surface area contributed by atoms with Crippen molar-refractivity contribution in [2.45, 2.75) is 64.1 Å². The first-order valence-corrected chi connectivity index (χ1v) is 7.81. The summed E-state index contributed by atoms with van der Waals surface area (Å²) in [6.07, 6.45) is 9.07. The monoisotopic (exact) mass is 255 g/mol. The van der Waals surface area contributed by atoms with E-state index in [0.29, 0.717) is 12.0 Å². The summed E-state index contributed by atoms with van der Waals surface area (Å²) < 4.78 is 5.66. The molecule has 1 unspecified atom stereocenters. The van der Waals surface area contributed by atoms with Crippen LogP contribution in [0.1, 0.15) is 51.9 Å². The second-order valence-corrected chi connectivity index (χ2v) is 5.92. The van der Waals surface area contributed by atoms with Crippen molar-refractivity contribution in [2.75, 3.05) is 26.2 Å². The normalized spacial score (nSPS) is 26.3. The van der Waals surface area contributed by atoms with Gasteiger partial charge in [0.1, 0.15) is 0 Å². The number of rotatable bonds is 5. The second kappa shape index (κ2) is 7.46. The quantitative estimate of drug-likeness (QED) is 0.819. The van der Waals surface area contributed by atoms with Crippen LogP contribution in [0.4, 0.5) is 0 Å². The molecule has 3 heteroatoms. The number of aliphatic hydroxyl groups excluding tert-OH is 1. The first-order chi connectivity index (χ1) is 8.79. The molecule has 1 saturated carbocycles. The third kappa shape index (κ3) is 4.22. The van der Waals surface area contributed by atoms with E-state index in [1.54, 1.807) is 0 Å². The van der Waals surface area contributed by atoms with Gasteiger partial charge in [-0.1, -0.05) is 19.3 Å². The molecule has 0 aromatic rings. The van der Waals surface area contributed by atoms with Gasteiger partial charge in [0.2, 0.25) is 0 Å². The van der Waals surface area contributed by atoms with Gasteiger partial charge in [-0.3, -0.25) is 0 Å². The molecule has 1 heterocycles. The fourth-order valence-corrected chi connectivity index (χ4v) is 3.43. The molecule has 1 atom stereocenters. The second-order valence-electron chi connectivity index (χ2n) is 5.92. The van der Waals surface area contributed by atoms with Gasteiger partial charge in [0.05, 0.1) is 12.2 Å². The summed E-state index contributed by atoms with van der Waals surface area (Å²) in [5.74, 6) is 0.559. The molecule has 0 aromatic carbocycles. The van der Waals surface area contributed by atoms with Crippen molar-refractivity contribution >= 4 is 0 Å². The molecular formula is C15H29NO2. The predicted octanol–water partition coefficient (Wildman–Crippen LogP) is 2.43. The lowest BCUT2D eigenvalue weighted by Gasteiger charge is -2.35. The highest BCUT2D eigenvalue weighted by Gasteiger charge is 2.26. The van der Waals surface area contributed by atoms with Gasteiger partial charge in [0.25, 0.3) is 0 Å². The van der Waals surface area contributed by atoms with Crippen LogP contribution in [-0.2, 0) is 4.74 Å². The minimum absolute atomic E-state index is 0.103. The molecule has 2 rings (SSSR count). The molecule has 0 bridgehead atoms. The van der Waals surface area contributed by atoms with Gasteiger partial charge in [-0.2, -0.15) is 0 Å². The molecular weight excluding hydrogens is 226 g/mol. The van der Waals surface area contributed by atoms with Gasteiger partial charge < -0.3 is 14.7 Å². The Morgan fingerprint density at radius 3 is 2.39 bits per heavy atom. The lowest BCUT2D eigenvalue weighted by Crippen LogP contribution is -2.43. The van der Waals surface area contributed by atoms with Crippen LogP contribution in [-0.4, -0.2) is 48.5 Å². The van der Waals surface area contributed by atoms with Crippen molar-refractivity contribution in [3.8, 4) is 0 Å².